The Morgan fingerprint density at radius 2 is 2.00 bits per heavy atom. The largest absolute Gasteiger partial charge is 0.497 e. The molecule has 3 aliphatic heterocycles. The zero-order valence-corrected chi connectivity index (χ0v) is 17.6. The minimum atomic E-state index is -1.90. The fraction of sp³-hybridized carbons (Fsp3) is 0.652. The maximum absolute atomic E-state index is 13.5. The van der Waals surface area contributed by atoms with Crippen molar-refractivity contribution in [2.75, 3.05) is 19.7 Å². The normalized spacial score (nSPS) is 44.2. The number of allylic oxidation sites excluding steroid dienone is 2. The third kappa shape index (κ3) is 1.85. The first kappa shape index (κ1) is 18.8. The molecule has 2 saturated heterocycles. The van der Waals surface area contributed by atoms with Crippen LogP contribution >= 0.6 is 0 Å². The van der Waals surface area contributed by atoms with Gasteiger partial charge in [-0.25, -0.2) is 0 Å². The summed E-state index contributed by atoms with van der Waals surface area (Å²) in [5, 5.41) is 24.1. The number of rotatable bonds is 1. The highest BCUT2D eigenvalue weighted by molar-refractivity contribution is 5.97. The van der Waals surface area contributed by atoms with Crippen LogP contribution in [0.1, 0.15) is 46.5 Å². The van der Waals surface area contributed by atoms with Gasteiger partial charge in [0.05, 0.1) is 6.61 Å². The topological polar surface area (TPSA) is 96.3 Å². The van der Waals surface area contributed by atoms with Gasteiger partial charge < -0.3 is 19.7 Å². The Labute approximate surface area is 175 Å². The van der Waals surface area contributed by atoms with E-state index in [1.165, 1.54) is 6.92 Å². The van der Waals surface area contributed by atoms with E-state index in [0.29, 0.717) is 37.4 Å². The molecule has 5 atom stereocenters. The number of ketones is 1. The van der Waals surface area contributed by atoms with Gasteiger partial charge >= 0.3 is 5.97 Å². The highest BCUT2D eigenvalue weighted by Crippen LogP contribution is 2.69. The highest BCUT2D eigenvalue weighted by Gasteiger charge is 2.74. The van der Waals surface area contributed by atoms with Crippen LogP contribution in [0.25, 0.3) is 0 Å². The van der Waals surface area contributed by atoms with E-state index in [1.54, 1.807) is 0 Å². The van der Waals surface area contributed by atoms with Crippen LogP contribution in [-0.4, -0.2) is 57.9 Å². The third-order valence-corrected chi connectivity index (χ3v) is 8.57. The molecule has 5 unspecified atom stereocenters. The summed E-state index contributed by atoms with van der Waals surface area (Å²) in [7, 11) is 0. The lowest BCUT2D eigenvalue weighted by Crippen LogP contribution is -2.62. The van der Waals surface area contributed by atoms with Crippen LogP contribution in [0.15, 0.2) is 33.8 Å². The molecule has 0 spiro atoms. The van der Waals surface area contributed by atoms with Gasteiger partial charge in [0, 0.05) is 67.3 Å². The number of Topliss-reactive ketones (excluding diaryl/α,β-unsaturated/α-hetero) is 1. The average molecular weight is 413 g/mol. The number of hydrogen-bond donors (Lipinski definition) is 2. The van der Waals surface area contributed by atoms with Gasteiger partial charge in [0.25, 0.3) is 0 Å². The maximum atomic E-state index is 13.5. The Morgan fingerprint density at radius 1 is 1.23 bits per heavy atom. The second-order valence-electron chi connectivity index (χ2n) is 10.0. The van der Waals surface area contributed by atoms with Crippen LogP contribution in [0.4, 0.5) is 0 Å². The van der Waals surface area contributed by atoms with Gasteiger partial charge in [-0.3, -0.25) is 14.5 Å². The summed E-state index contributed by atoms with van der Waals surface area (Å²) in [5.74, 6) is 0.0480. The zero-order chi connectivity index (χ0) is 21.2. The molecule has 7 nitrogen and oxygen atoms in total. The van der Waals surface area contributed by atoms with Crippen molar-refractivity contribution >= 4 is 11.8 Å². The van der Waals surface area contributed by atoms with Crippen LogP contribution in [0.2, 0.25) is 0 Å². The van der Waals surface area contributed by atoms with Crippen molar-refractivity contribution in [1.82, 2.24) is 4.90 Å². The Morgan fingerprint density at radius 3 is 2.73 bits per heavy atom. The first-order chi connectivity index (χ1) is 14.1. The van der Waals surface area contributed by atoms with E-state index >= 15 is 0 Å². The van der Waals surface area contributed by atoms with Gasteiger partial charge in [0.15, 0.2) is 11.4 Å². The van der Waals surface area contributed by atoms with Crippen molar-refractivity contribution in [1.29, 1.82) is 0 Å². The van der Waals surface area contributed by atoms with E-state index in [-0.39, 0.29) is 18.1 Å². The minimum Gasteiger partial charge on any atom is -0.497 e. The van der Waals surface area contributed by atoms with Gasteiger partial charge in [-0.2, -0.15) is 0 Å². The van der Waals surface area contributed by atoms with Crippen molar-refractivity contribution in [3.05, 3.63) is 33.8 Å². The predicted octanol–water partition coefficient (Wildman–Crippen LogP) is 1.56. The summed E-state index contributed by atoms with van der Waals surface area (Å²) < 4.78 is 11.8. The van der Waals surface area contributed by atoms with Gasteiger partial charge in [-0.05, 0) is 17.9 Å². The fourth-order valence-electron chi connectivity index (χ4n) is 7.26. The Hall–Kier alpha value is -1.96. The first-order valence-corrected chi connectivity index (χ1v) is 10.9. The van der Waals surface area contributed by atoms with Gasteiger partial charge in [-0.1, -0.05) is 13.8 Å². The fourth-order valence-corrected chi connectivity index (χ4v) is 7.26. The lowest BCUT2D eigenvalue weighted by atomic mass is 9.56. The van der Waals surface area contributed by atoms with Crippen molar-refractivity contribution < 1.29 is 29.3 Å². The Balaban J connectivity index is 1.75. The van der Waals surface area contributed by atoms with Crippen LogP contribution in [0.3, 0.4) is 0 Å². The van der Waals surface area contributed by atoms with E-state index in [9.17, 15) is 19.8 Å². The maximum Gasteiger partial charge on any atom is 0.308 e. The molecule has 6 rings (SSSR count). The molecule has 30 heavy (non-hydrogen) atoms. The van der Waals surface area contributed by atoms with Crippen molar-refractivity contribution in [2.45, 2.75) is 57.8 Å². The number of fused-ring (bicyclic) bond motifs is 2. The molecule has 3 aliphatic carbocycles. The summed E-state index contributed by atoms with van der Waals surface area (Å²) in [5.41, 5.74) is -1.06. The second kappa shape index (κ2) is 5.44. The molecule has 0 aromatic heterocycles. The Bertz CT molecular complexity index is 1020. The third-order valence-electron chi connectivity index (χ3n) is 8.57. The van der Waals surface area contributed by atoms with Crippen molar-refractivity contribution in [2.24, 2.45) is 17.3 Å². The summed E-state index contributed by atoms with van der Waals surface area (Å²) in [6.45, 7) is 6.75. The highest BCUT2D eigenvalue weighted by atomic mass is 16.5. The van der Waals surface area contributed by atoms with Gasteiger partial charge in [0.1, 0.15) is 17.2 Å². The molecule has 0 saturated carbocycles. The standard InChI is InChI=1S/C23H27NO6/c1-11-8-24-9-13-4-5-15-16-14(6-7-29-15)19(30-12(2)25)18-17(16)21(13,3)23(24,28)10-22(18,27)20(11)26/h11,13,27-28H,4-10H2,1-3H3. The number of aliphatic hydroxyl groups is 2. The van der Waals surface area contributed by atoms with E-state index < -0.39 is 28.6 Å². The Kier molecular flexibility index (Phi) is 3.41. The average Bonchev–Trinajstić information content (AvgIpc) is 3.04. The van der Waals surface area contributed by atoms with Crippen LogP contribution in [0, 0.1) is 17.3 Å². The molecular weight excluding hydrogens is 386 g/mol. The quantitative estimate of drug-likeness (QED) is 0.630. The molecule has 3 heterocycles. The molecule has 2 fully saturated rings. The van der Waals surface area contributed by atoms with Crippen LogP contribution in [0.5, 0.6) is 0 Å². The second-order valence-corrected chi connectivity index (χ2v) is 10.0. The predicted molar refractivity (Wildman–Crippen MR) is 105 cm³/mol. The van der Waals surface area contributed by atoms with Crippen molar-refractivity contribution in [3.63, 3.8) is 0 Å². The molecule has 2 bridgehead atoms. The molecular formula is C23H27NO6. The molecule has 0 aromatic carbocycles. The number of hydrogen-bond acceptors (Lipinski definition) is 7. The van der Waals surface area contributed by atoms with E-state index in [4.69, 9.17) is 9.47 Å². The molecule has 160 valence electrons. The summed E-state index contributed by atoms with van der Waals surface area (Å²) >= 11 is 0. The lowest BCUT2D eigenvalue weighted by Gasteiger charge is -2.52. The summed E-state index contributed by atoms with van der Waals surface area (Å²) in [6, 6.07) is 0. The van der Waals surface area contributed by atoms with E-state index in [1.807, 2.05) is 11.8 Å². The van der Waals surface area contributed by atoms with E-state index in [0.717, 1.165) is 35.3 Å². The van der Waals surface area contributed by atoms with E-state index in [2.05, 4.69) is 6.92 Å². The summed E-state index contributed by atoms with van der Waals surface area (Å²) in [6.07, 6.45) is 2.03. The zero-order valence-electron chi connectivity index (χ0n) is 17.6. The summed E-state index contributed by atoms with van der Waals surface area (Å²) in [4.78, 5) is 27.6. The van der Waals surface area contributed by atoms with Crippen LogP contribution in [-0.2, 0) is 19.1 Å². The monoisotopic (exact) mass is 413 g/mol. The number of nitrogens with zero attached hydrogens (tertiary/aromatic N) is 1. The minimum absolute atomic E-state index is 0.101. The van der Waals surface area contributed by atoms with Crippen molar-refractivity contribution in [3.8, 4) is 0 Å². The van der Waals surface area contributed by atoms with Gasteiger partial charge in [0.2, 0.25) is 0 Å². The molecule has 0 radical (unpaired) electrons. The number of esters is 1. The lowest BCUT2D eigenvalue weighted by molar-refractivity contribution is -0.177. The number of carbonyl (C=O) groups is 2. The number of ether oxygens (including phenoxy) is 2. The van der Waals surface area contributed by atoms with Gasteiger partial charge in [-0.15, -0.1) is 0 Å². The first-order valence-electron chi connectivity index (χ1n) is 10.9. The SMILES string of the molecule is CC(=O)OC1=C2CCOC3=C2C2=C1C1(O)CC4(O)N(CC(C)C1=O)CC(CC3)C24C. The molecule has 0 aromatic rings. The smallest absolute Gasteiger partial charge is 0.308 e. The molecule has 7 heteroatoms. The number of carbonyl (C=O) groups excluding carboxylic acids is 2. The molecule has 0 amide bonds. The molecule has 2 N–H and O–H groups in total. The van der Waals surface area contributed by atoms with Crippen LogP contribution < -0.4 is 0 Å². The molecule has 6 aliphatic rings.